The third kappa shape index (κ3) is 2.35. The van der Waals surface area contributed by atoms with Crippen LogP contribution in [0.3, 0.4) is 0 Å². The Morgan fingerprint density at radius 3 is 3.12 bits per heavy atom. The predicted molar refractivity (Wildman–Crippen MR) is 93.5 cm³/mol. The molecule has 0 N–H and O–H groups in total. The third-order valence-corrected chi connectivity index (χ3v) is 6.15. The van der Waals surface area contributed by atoms with E-state index in [9.17, 15) is 0 Å². The largest absolute Gasteiger partial charge is 0.486 e. The number of hydrogen-bond donors (Lipinski definition) is 0. The molecule has 3 aliphatic rings. The van der Waals surface area contributed by atoms with E-state index in [1.165, 1.54) is 25.9 Å². The lowest BCUT2D eigenvalue weighted by atomic mass is 9.62. The minimum Gasteiger partial charge on any atom is -0.486 e. The van der Waals surface area contributed by atoms with E-state index in [0.29, 0.717) is 6.61 Å². The fourth-order valence-electron chi connectivity index (χ4n) is 4.85. The summed E-state index contributed by atoms with van der Waals surface area (Å²) in [5.74, 6) is 4.54. The molecule has 126 valence electrons. The zero-order valence-electron chi connectivity index (χ0n) is 14.1. The van der Waals surface area contributed by atoms with E-state index in [-0.39, 0.29) is 6.10 Å². The fourth-order valence-corrected chi connectivity index (χ4v) is 4.85. The minimum absolute atomic E-state index is 0.109. The summed E-state index contributed by atoms with van der Waals surface area (Å²) in [4.78, 5) is 7.00. The summed E-state index contributed by atoms with van der Waals surface area (Å²) in [5, 5.41) is 1.05. The van der Waals surface area contributed by atoms with Crippen LogP contribution in [0.1, 0.15) is 19.8 Å². The van der Waals surface area contributed by atoms with Gasteiger partial charge in [0.15, 0.2) is 11.5 Å². The number of benzene rings is 1. The van der Waals surface area contributed by atoms with E-state index in [1.807, 2.05) is 24.4 Å². The van der Waals surface area contributed by atoms with Gasteiger partial charge in [-0.1, -0.05) is 6.92 Å². The van der Waals surface area contributed by atoms with E-state index in [4.69, 9.17) is 9.47 Å². The molecule has 2 aliphatic heterocycles. The average Bonchev–Trinajstić information content (AvgIpc) is 2.61. The maximum atomic E-state index is 6.34. The van der Waals surface area contributed by atoms with Gasteiger partial charge in [0.1, 0.15) is 12.7 Å². The van der Waals surface area contributed by atoms with Crippen LogP contribution in [0.15, 0.2) is 30.5 Å². The molecule has 1 aromatic heterocycles. The van der Waals surface area contributed by atoms with Crippen LogP contribution in [0.2, 0.25) is 0 Å². The van der Waals surface area contributed by atoms with Gasteiger partial charge in [0.25, 0.3) is 0 Å². The van der Waals surface area contributed by atoms with Gasteiger partial charge in [-0.05, 0) is 61.4 Å². The third-order valence-electron chi connectivity index (χ3n) is 6.15. The lowest BCUT2D eigenvalue weighted by molar-refractivity contribution is -0.0243. The van der Waals surface area contributed by atoms with Crippen LogP contribution in [0.5, 0.6) is 11.5 Å². The molecule has 4 atom stereocenters. The fraction of sp³-hybridized carbons (Fsp3) is 0.550. The summed E-state index contributed by atoms with van der Waals surface area (Å²) in [6, 6.07) is 7.99. The molecule has 5 rings (SSSR count). The standard InChI is InChI=1S/C20H24N2O2/c1-13-9-14-10-22(8-6-16(13)14)11-15-12-23-19-5-4-18-17(20(19)24-15)3-2-7-21-18/h2-5,7,13-16H,6,8-12H2,1H3/t13?,14?,15?,16-/m1/s1. The van der Waals surface area contributed by atoms with Gasteiger partial charge in [0, 0.05) is 24.7 Å². The number of fused-ring (bicyclic) bond motifs is 4. The molecule has 3 heterocycles. The van der Waals surface area contributed by atoms with Gasteiger partial charge in [-0.15, -0.1) is 0 Å². The second kappa shape index (κ2) is 5.62. The maximum absolute atomic E-state index is 6.34. The van der Waals surface area contributed by atoms with Crippen molar-refractivity contribution in [3.05, 3.63) is 30.5 Å². The first-order chi connectivity index (χ1) is 11.8. The molecule has 4 nitrogen and oxygen atoms in total. The molecule has 4 heteroatoms. The molecule has 0 amide bonds. The van der Waals surface area contributed by atoms with Crippen molar-refractivity contribution in [3.63, 3.8) is 0 Å². The Kier molecular flexibility index (Phi) is 3.40. The number of rotatable bonds is 2. The van der Waals surface area contributed by atoms with Crippen molar-refractivity contribution < 1.29 is 9.47 Å². The molecule has 24 heavy (non-hydrogen) atoms. The van der Waals surface area contributed by atoms with Gasteiger partial charge in [-0.25, -0.2) is 0 Å². The SMILES string of the molecule is CC1CC2CN(CC3COc4ccc5ncccc5c4O3)CC[C@H]12. The Morgan fingerprint density at radius 2 is 2.25 bits per heavy atom. The van der Waals surface area contributed by atoms with Crippen molar-refractivity contribution in [3.8, 4) is 11.5 Å². The van der Waals surface area contributed by atoms with Gasteiger partial charge in [-0.3, -0.25) is 9.88 Å². The van der Waals surface area contributed by atoms with Crippen molar-refractivity contribution >= 4 is 10.9 Å². The number of piperidine rings is 1. The van der Waals surface area contributed by atoms with Crippen LogP contribution in [-0.2, 0) is 0 Å². The average molecular weight is 324 g/mol. The van der Waals surface area contributed by atoms with E-state index in [2.05, 4.69) is 22.9 Å². The smallest absolute Gasteiger partial charge is 0.171 e. The minimum atomic E-state index is 0.109. The summed E-state index contributed by atoms with van der Waals surface area (Å²) >= 11 is 0. The normalized spacial score (nSPS) is 32.2. The highest BCUT2D eigenvalue weighted by Gasteiger charge is 2.42. The van der Waals surface area contributed by atoms with Crippen molar-refractivity contribution in [1.29, 1.82) is 0 Å². The Labute approximate surface area is 142 Å². The van der Waals surface area contributed by atoms with Crippen LogP contribution in [0.25, 0.3) is 10.9 Å². The number of nitrogens with zero attached hydrogens (tertiary/aromatic N) is 2. The van der Waals surface area contributed by atoms with Gasteiger partial charge in [0.05, 0.1) is 5.52 Å². The molecular weight excluding hydrogens is 300 g/mol. The Bertz CT molecular complexity index is 762. The molecule has 1 saturated carbocycles. The summed E-state index contributed by atoms with van der Waals surface area (Å²) in [6.45, 7) is 6.45. The van der Waals surface area contributed by atoms with Crippen LogP contribution in [-0.4, -0.2) is 42.2 Å². The number of likely N-dealkylation sites (tertiary alicyclic amines) is 1. The first kappa shape index (κ1) is 14.5. The highest BCUT2D eigenvalue weighted by atomic mass is 16.6. The number of ether oxygens (including phenoxy) is 2. The molecule has 0 bridgehead atoms. The summed E-state index contributed by atoms with van der Waals surface area (Å²) in [5.41, 5.74) is 0.963. The second-order valence-electron chi connectivity index (χ2n) is 7.70. The first-order valence-electron chi connectivity index (χ1n) is 9.17. The molecule has 1 aromatic carbocycles. The zero-order chi connectivity index (χ0) is 16.1. The summed E-state index contributed by atoms with van der Waals surface area (Å²) < 4.78 is 12.3. The monoisotopic (exact) mass is 324 g/mol. The number of aromatic nitrogens is 1. The van der Waals surface area contributed by atoms with E-state index in [0.717, 1.165) is 46.7 Å². The van der Waals surface area contributed by atoms with E-state index in [1.54, 1.807) is 0 Å². The van der Waals surface area contributed by atoms with Crippen molar-refractivity contribution in [2.45, 2.75) is 25.9 Å². The molecule has 2 aromatic rings. The predicted octanol–water partition coefficient (Wildman–Crippen LogP) is 3.35. The highest BCUT2D eigenvalue weighted by molar-refractivity contribution is 5.87. The molecule has 0 radical (unpaired) electrons. The molecule has 2 fully saturated rings. The summed E-state index contributed by atoms with van der Waals surface area (Å²) in [7, 11) is 0. The lowest BCUT2D eigenvalue weighted by Gasteiger charge is -2.50. The lowest BCUT2D eigenvalue weighted by Crippen LogP contribution is -2.52. The Balaban J connectivity index is 1.31. The van der Waals surface area contributed by atoms with Crippen molar-refractivity contribution in [1.82, 2.24) is 9.88 Å². The topological polar surface area (TPSA) is 34.6 Å². The number of pyridine rings is 1. The Morgan fingerprint density at radius 1 is 1.29 bits per heavy atom. The molecule has 1 aliphatic carbocycles. The first-order valence-corrected chi connectivity index (χ1v) is 9.17. The number of hydrogen-bond acceptors (Lipinski definition) is 4. The van der Waals surface area contributed by atoms with E-state index >= 15 is 0 Å². The zero-order valence-corrected chi connectivity index (χ0v) is 14.1. The summed E-state index contributed by atoms with van der Waals surface area (Å²) in [6.07, 6.45) is 4.68. The van der Waals surface area contributed by atoms with Crippen LogP contribution < -0.4 is 9.47 Å². The van der Waals surface area contributed by atoms with Gasteiger partial charge in [-0.2, -0.15) is 0 Å². The quantitative estimate of drug-likeness (QED) is 0.848. The maximum Gasteiger partial charge on any atom is 0.171 e. The Hall–Kier alpha value is -1.81. The van der Waals surface area contributed by atoms with Crippen LogP contribution in [0, 0.1) is 17.8 Å². The van der Waals surface area contributed by atoms with Gasteiger partial charge in [0.2, 0.25) is 0 Å². The molecule has 1 saturated heterocycles. The molecular formula is C20H24N2O2. The van der Waals surface area contributed by atoms with E-state index < -0.39 is 0 Å². The second-order valence-corrected chi connectivity index (χ2v) is 7.70. The van der Waals surface area contributed by atoms with Gasteiger partial charge < -0.3 is 9.47 Å². The van der Waals surface area contributed by atoms with Crippen LogP contribution in [0.4, 0.5) is 0 Å². The van der Waals surface area contributed by atoms with Gasteiger partial charge >= 0.3 is 0 Å². The molecule has 3 unspecified atom stereocenters. The van der Waals surface area contributed by atoms with Crippen molar-refractivity contribution in [2.24, 2.45) is 17.8 Å². The molecule has 0 spiro atoms. The highest BCUT2D eigenvalue weighted by Crippen LogP contribution is 2.45. The van der Waals surface area contributed by atoms with Crippen molar-refractivity contribution in [2.75, 3.05) is 26.2 Å². The van der Waals surface area contributed by atoms with Crippen LogP contribution >= 0.6 is 0 Å².